The van der Waals surface area contributed by atoms with E-state index in [0.29, 0.717) is 48.9 Å². The topological polar surface area (TPSA) is 85.1 Å². The summed E-state index contributed by atoms with van der Waals surface area (Å²) in [5, 5.41) is 0. The normalized spacial score (nSPS) is 15.2. The maximum Gasteiger partial charge on any atom is 0.410 e. The molecule has 1 fully saturated rings. The van der Waals surface area contributed by atoms with Crippen LogP contribution in [0.1, 0.15) is 31.1 Å². The fourth-order valence-electron chi connectivity index (χ4n) is 2.70. The van der Waals surface area contributed by atoms with Crippen LogP contribution in [0.25, 0.3) is 11.1 Å². The molecule has 3 rings (SSSR count). The monoisotopic (exact) mass is 361 g/mol. The first-order valence-corrected chi connectivity index (χ1v) is 8.48. The number of esters is 1. The first kappa shape index (κ1) is 18.0. The van der Waals surface area contributed by atoms with E-state index < -0.39 is 11.6 Å². The molecule has 0 saturated carbocycles. The summed E-state index contributed by atoms with van der Waals surface area (Å²) < 4.78 is 15.9. The van der Waals surface area contributed by atoms with Crippen molar-refractivity contribution in [3.63, 3.8) is 0 Å². The Morgan fingerprint density at radius 1 is 1.15 bits per heavy atom. The Labute approximate surface area is 151 Å². The highest BCUT2D eigenvalue weighted by molar-refractivity contribution is 5.93. The molecule has 26 heavy (non-hydrogen) atoms. The molecule has 0 N–H and O–H groups in total. The van der Waals surface area contributed by atoms with Crippen LogP contribution in [0.15, 0.2) is 22.6 Å². The second-order valence-corrected chi connectivity index (χ2v) is 7.12. The van der Waals surface area contributed by atoms with E-state index in [1.54, 1.807) is 23.1 Å². The number of fused-ring (bicyclic) bond motifs is 1. The van der Waals surface area contributed by atoms with E-state index in [2.05, 4.69) is 4.98 Å². The lowest BCUT2D eigenvalue weighted by Gasteiger charge is -2.34. The number of anilines is 1. The molecule has 0 radical (unpaired) electrons. The number of piperazine rings is 1. The minimum absolute atomic E-state index is 0.308. The zero-order chi connectivity index (χ0) is 18.9. The van der Waals surface area contributed by atoms with Gasteiger partial charge < -0.3 is 23.7 Å². The molecule has 0 bridgehead atoms. The van der Waals surface area contributed by atoms with Gasteiger partial charge in [-0.1, -0.05) is 0 Å². The summed E-state index contributed by atoms with van der Waals surface area (Å²) in [6, 6.07) is 5.47. The van der Waals surface area contributed by atoms with Crippen LogP contribution in [0.3, 0.4) is 0 Å². The fourth-order valence-corrected chi connectivity index (χ4v) is 2.70. The Bertz CT molecular complexity index is 816. The summed E-state index contributed by atoms with van der Waals surface area (Å²) in [7, 11) is 1.34. The van der Waals surface area contributed by atoms with Gasteiger partial charge in [0.15, 0.2) is 5.58 Å². The third kappa shape index (κ3) is 3.89. The van der Waals surface area contributed by atoms with Gasteiger partial charge in [-0.05, 0) is 39.0 Å². The molecule has 0 aliphatic carbocycles. The van der Waals surface area contributed by atoms with Crippen LogP contribution in [0.2, 0.25) is 0 Å². The van der Waals surface area contributed by atoms with Crippen LogP contribution in [0.4, 0.5) is 10.8 Å². The molecule has 140 valence electrons. The SMILES string of the molecule is COC(=O)c1ccc2oc(N3CCN(C(=O)OC(C)(C)C)CC3)nc2c1. The number of methoxy groups -OCH3 is 1. The van der Waals surface area contributed by atoms with Crippen molar-refractivity contribution in [2.75, 3.05) is 38.2 Å². The van der Waals surface area contributed by atoms with Crippen molar-refractivity contribution in [1.29, 1.82) is 0 Å². The molecule has 1 aliphatic rings. The predicted octanol–water partition coefficient (Wildman–Crippen LogP) is 2.67. The van der Waals surface area contributed by atoms with Gasteiger partial charge in [0.1, 0.15) is 11.1 Å². The lowest BCUT2D eigenvalue weighted by molar-refractivity contribution is 0.0238. The average Bonchev–Trinajstić information content (AvgIpc) is 3.02. The third-order valence-corrected chi connectivity index (χ3v) is 4.00. The fraction of sp³-hybridized carbons (Fsp3) is 0.500. The van der Waals surface area contributed by atoms with Crippen molar-refractivity contribution >= 4 is 29.2 Å². The van der Waals surface area contributed by atoms with E-state index in [4.69, 9.17) is 13.9 Å². The van der Waals surface area contributed by atoms with Gasteiger partial charge in [-0.3, -0.25) is 0 Å². The molecule has 8 nitrogen and oxygen atoms in total. The van der Waals surface area contributed by atoms with Gasteiger partial charge in [-0.15, -0.1) is 0 Å². The average molecular weight is 361 g/mol. The van der Waals surface area contributed by atoms with E-state index >= 15 is 0 Å². The Hall–Kier alpha value is -2.77. The van der Waals surface area contributed by atoms with Gasteiger partial charge in [0.25, 0.3) is 6.01 Å². The Kier molecular flexibility index (Phi) is 4.76. The van der Waals surface area contributed by atoms with Crippen molar-refractivity contribution in [3.8, 4) is 0 Å². The van der Waals surface area contributed by atoms with E-state index in [-0.39, 0.29) is 6.09 Å². The standard InChI is InChI=1S/C18H23N3O5/c1-18(2,3)26-17(23)21-9-7-20(8-10-21)16-19-13-11-12(15(22)24-4)5-6-14(13)25-16/h5-6,11H,7-10H2,1-4H3. The molecule has 1 aliphatic heterocycles. The quantitative estimate of drug-likeness (QED) is 0.760. The molecule has 1 saturated heterocycles. The number of hydrogen-bond donors (Lipinski definition) is 0. The summed E-state index contributed by atoms with van der Waals surface area (Å²) in [5.41, 5.74) is 1.11. The van der Waals surface area contributed by atoms with Gasteiger partial charge in [-0.2, -0.15) is 4.98 Å². The summed E-state index contributed by atoms with van der Waals surface area (Å²) in [5.74, 6) is -0.414. The van der Waals surface area contributed by atoms with Crippen molar-refractivity contribution in [1.82, 2.24) is 9.88 Å². The van der Waals surface area contributed by atoms with Crippen molar-refractivity contribution in [3.05, 3.63) is 23.8 Å². The molecule has 0 unspecified atom stereocenters. The molecule has 1 aromatic carbocycles. The minimum Gasteiger partial charge on any atom is -0.465 e. The van der Waals surface area contributed by atoms with Crippen LogP contribution >= 0.6 is 0 Å². The number of hydrogen-bond acceptors (Lipinski definition) is 7. The second kappa shape index (κ2) is 6.86. The van der Waals surface area contributed by atoms with Gasteiger partial charge in [0, 0.05) is 26.2 Å². The summed E-state index contributed by atoms with van der Waals surface area (Å²) in [6.07, 6.45) is -0.308. The summed E-state index contributed by atoms with van der Waals surface area (Å²) in [6.45, 7) is 7.79. The van der Waals surface area contributed by atoms with Crippen molar-refractivity contribution in [2.45, 2.75) is 26.4 Å². The van der Waals surface area contributed by atoms with Crippen molar-refractivity contribution in [2.24, 2.45) is 0 Å². The Morgan fingerprint density at radius 3 is 2.46 bits per heavy atom. The summed E-state index contributed by atoms with van der Waals surface area (Å²) in [4.78, 5) is 31.9. The van der Waals surface area contributed by atoms with Gasteiger partial charge in [0.05, 0.1) is 12.7 Å². The maximum absolute atomic E-state index is 12.1. The van der Waals surface area contributed by atoms with E-state index in [9.17, 15) is 9.59 Å². The van der Waals surface area contributed by atoms with Crippen LogP contribution in [-0.4, -0.2) is 60.8 Å². The molecular weight excluding hydrogens is 338 g/mol. The third-order valence-electron chi connectivity index (χ3n) is 4.00. The van der Waals surface area contributed by atoms with Gasteiger partial charge >= 0.3 is 12.1 Å². The van der Waals surface area contributed by atoms with Crippen LogP contribution in [0, 0.1) is 0 Å². The summed E-state index contributed by atoms with van der Waals surface area (Å²) >= 11 is 0. The molecule has 0 spiro atoms. The molecule has 1 aromatic heterocycles. The number of amides is 1. The second-order valence-electron chi connectivity index (χ2n) is 7.12. The highest BCUT2D eigenvalue weighted by atomic mass is 16.6. The molecule has 2 heterocycles. The first-order valence-electron chi connectivity index (χ1n) is 8.48. The van der Waals surface area contributed by atoms with Crippen LogP contribution in [0.5, 0.6) is 0 Å². The smallest absolute Gasteiger partial charge is 0.410 e. The number of nitrogens with zero attached hydrogens (tertiary/aromatic N) is 3. The Morgan fingerprint density at radius 2 is 1.85 bits per heavy atom. The number of oxazole rings is 1. The zero-order valence-electron chi connectivity index (χ0n) is 15.4. The number of carbonyl (C=O) groups excluding carboxylic acids is 2. The number of carbonyl (C=O) groups is 2. The van der Waals surface area contributed by atoms with E-state index in [1.165, 1.54) is 7.11 Å². The first-order chi connectivity index (χ1) is 12.3. The number of rotatable bonds is 2. The largest absolute Gasteiger partial charge is 0.465 e. The molecular formula is C18H23N3O5. The van der Waals surface area contributed by atoms with E-state index in [1.807, 2.05) is 25.7 Å². The highest BCUT2D eigenvalue weighted by Crippen LogP contribution is 2.24. The lowest BCUT2D eigenvalue weighted by Crippen LogP contribution is -2.50. The zero-order valence-corrected chi connectivity index (χ0v) is 15.4. The minimum atomic E-state index is -0.508. The lowest BCUT2D eigenvalue weighted by atomic mass is 10.2. The number of aromatic nitrogens is 1. The van der Waals surface area contributed by atoms with Gasteiger partial charge in [0.2, 0.25) is 0 Å². The van der Waals surface area contributed by atoms with Crippen LogP contribution in [-0.2, 0) is 9.47 Å². The maximum atomic E-state index is 12.1. The molecule has 2 aromatic rings. The van der Waals surface area contributed by atoms with E-state index in [0.717, 1.165) is 0 Å². The van der Waals surface area contributed by atoms with Crippen molar-refractivity contribution < 1.29 is 23.5 Å². The molecule has 8 heteroatoms. The molecule has 0 atom stereocenters. The van der Waals surface area contributed by atoms with Crippen LogP contribution < -0.4 is 4.90 Å². The molecule has 1 amide bonds. The Balaban J connectivity index is 1.67. The number of benzene rings is 1. The van der Waals surface area contributed by atoms with Gasteiger partial charge in [-0.25, -0.2) is 9.59 Å². The number of ether oxygens (including phenoxy) is 2. The predicted molar refractivity (Wildman–Crippen MR) is 95.4 cm³/mol. The highest BCUT2D eigenvalue weighted by Gasteiger charge is 2.27.